The summed E-state index contributed by atoms with van der Waals surface area (Å²) < 4.78 is 6.42. The third-order valence-corrected chi connectivity index (χ3v) is 7.97. The maximum atomic E-state index is 13.8. The Morgan fingerprint density at radius 3 is 2.50 bits per heavy atom. The van der Waals surface area contributed by atoms with Gasteiger partial charge in [0.15, 0.2) is 0 Å². The van der Waals surface area contributed by atoms with Crippen molar-refractivity contribution in [3.05, 3.63) is 24.3 Å². The number of fused-ring (bicyclic) bond motifs is 1. The van der Waals surface area contributed by atoms with Crippen LogP contribution in [0, 0.1) is 11.8 Å². The summed E-state index contributed by atoms with van der Waals surface area (Å²) in [5.74, 6) is -1.89. The van der Waals surface area contributed by atoms with E-state index in [1.54, 1.807) is 4.90 Å². The number of carbonyl (C=O) groups excluding carboxylic acids is 3. The number of unbranched alkanes of at least 4 members (excludes halogenated alkanes) is 1. The molecule has 0 radical (unpaired) electrons. The molecular formula is C27H40N4O5. The predicted octanol–water partition coefficient (Wildman–Crippen LogP) is 2.14. The number of hydrogen-bond acceptors (Lipinski definition) is 6. The van der Waals surface area contributed by atoms with Gasteiger partial charge >= 0.3 is 0 Å². The van der Waals surface area contributed by atoms with Crippen LogP contribution in [-0.2, 0) is 19.1 Å². The Labute approximate surface area is 213 Å². The lowest BCUT2D eigenvalue weighted by atomic mass is 9.70. The minimum atomic E-state index is -1.000. The smallest absolute Gasteiger partial charge is 0.250 e. The first-order valence-electron chi connectivity index (χ1n) is 13.4. The Bertz CT molecular complexity index is 950. The Kier molecular flexibility index (Phi) is 8.20. The third kappa shape index (κ3) is 4.59. The summed E-state index contributed by atoms with van der Waals surface area (Å²) in [5, 5.41) is 15.2. The van der Waals surface area contributed by atoms with Gasteiger partial charge in [-0.2, -0.15) is 0 Å². The van der Waals surface area contributed by atoms with Gasteiger partial charge in [0, 0.05) is 44.2 Å². The molecule has 9 heteroatoms. The summed E-state index contributed by atoms with van der Waals surface area (Å²) in [7, 11) is 0. The molecular weight excluding hydrogens is 460 g/mol. The molecule has 3 N–H and O–H groups in total. The van der Waals surface area contributed by atoms with Crippen molar-refractivity contribution in [2.45, 2.75) is 70.6 Å². The zero-order valence-corrected chi connectivity index (χ0v) is 21.7. The molecule has 198 valence electrons. The predicted molar refractivity (Wildman–Crippen MR) is 138 cm³/mol. The monoisotopic (exact) mass is 500 g/mol. The molecule has 1 aromatic carbocycles. The molecule has 3 heterocycles. The van der Waals surface area contributed by atoms with Crippen LogP contribution < -0.4 is 15.5 Å². The highest BCUT2D eigenvalue weighted by atomic mass is 16.5. The number of aliphatic hydroxyl groups excluding tert-OH is 1. The van der Waals surface area contributed by atoms with Crippen molar-refractivity contribution >= 4 is 29.1 Å². The van der Waals surface area contributed by atoms with Gasteiger partial charge in [0.05, 0.1) is 17.9 Å². The van der Waals surface area contributed by atoms with Crippen molar-refractivity contribution in [2.75, 3.05) is 43.0 Å². The van der Waals surface area contributed by atoms with Gasteiger partial charge in [-0.25, -0.2) is 0 Å². The third-order valence-electron chi connectivity index (χ3n) is 7.97. The van der Waals surface area contributed by atoms with E-state index in [1.807, 2.05) is 31.2 Å². The number of ether oxygens (including phenoxy) is 1. The van der Waals surface area contributed by atoms with Crippen LogP contribution in [0.5, 0.6) is 0 Å². The molecule has 0 aliphatic carbocycles. The van der Waals surface area contributed by atoms with E-state index < -0.39 is 23.5 Å². The van der Waals surface area contributed by atoms with Gasteiger partial charge in [-0.3, -0.25) is 14.4 Å². The van der Waals surface area contributed by atoms with E-state index in [4.69, 9.17) is 4.74 Å². The van der Waals surface area contributed by atoms with Crippen molar-refractivity contribution in [1.82, 2.24) is 10.2 Å². The van der Waals surface area contributed by atoms with Gasteiger partial charge in [-0.15, -0.1) is 0 Å². The van der Waals surface area contributed by atoms with Crippen LogP contribution in [0.15, 0.2) is 24.3 Å². The van der Waals surface area contributed by atoms with Crippen LogP contribution in [0.25, 0.3) is 0 Å². The fraction of sp³-hybridized carbons (Fsp3) is 0.667. The van der Waals surface area contributed by atoms with Crippen molar-refractivity contribution < 1.29 is 24.2 Å². The summed E-state index contributed by atoms with van der Waals surface area (Å²) >= 11 is 0. The molecule has 36 heavy (non-hydrogen) atoms. The number of hydrogen-bond donors (Lipinski definition) is 3. The standard InChI is InChI=1S/C27H40N4O5/c1-4-15-28-24(33)21-20-13-14-27(36-20)22(21)26(35)31(16-7-8-17-32)23(27)25(34)29-18-9-11-19(12-10-18)30(5-2)6-3/h9-12,20-23,32H,4-8,13-17H2,1-3H3,(H,28,33)(H,29,34)/t20-,21+,22+,23?,27?/m1/s1. The number of likely N-dealkylation sites (tertiary alicyclic amines) is 1. The summed E-state index contributed by atoms with van der Waals surface area (Å²) in [4.78, 5) is 44.4. The number of rotatable bonds is 12. The van der Waals surface area contributed by atoms with E-state index in [1.165, 1.54) is 0 Å². The number of nitrogens with zero attached hydrogens (tertiary/aromatic N) is 2. The maximum absolute atomic E-state index is 13.8. The summed E-state index contributed by atoms with van der Waals surface area (Å²) in [6.45, 7) is 8.88. The molecule has 5 atom stereocenters. The minimum absolute atomic E-state index is 0.0208. The van der Waals surface area contributed by atoms with Crippen molar-refractivity contribution in [3.8, 4) is 0 Å². The number of carbonyl (C=O) groups is 3. The highest BCUT2D eigenvalue weighted by Crippen LogP contribution is 2.58. The largest absolute Gasteiger partial charge is 0.396 e. The summed E-state index contributed by atoms with van der Waals surface area (Å²) in [5.41, 5.74) is 0.737. The van der Waals surface area contributed by atoms with Gasteiger partial charge < -0.3 is 30.3 Å². The number of anilines is 2. The second kappa shape index (κ2) is 11.2. The second-order valence-electron chi connectivity index (χ2n) is 10.0. The van der Waals surface area contributed by atoms with Gasteiger partial charge in [-0.05, 0) is 70.2 Å². The number of nitrogens with one attached hydrogen (secondary N) is 2. The average molecular weight is 501 g/mol. The van der Waals surface area contributed by atoms with E-state index in [-0.39, 0.29) is 30.4 Å². The Balaban J connectivity index is 1.59. The van der Waals surface area contributed by atoms with Gasteiger partial charge in [0.1, 0.15) is 11.6 Å². The van der Waals surface area contributed by atoms with Gasteiger partial charge in [0.25, 0.3) is 0 Å². The number of benzene rings is 1. The van der Waals surface area contributed by atoms with Crippen LogP contribution in [0.2, 0.25) is 0 Å². The van der Waals surface area contributed by atoms with Crippen LogP contribution in [0.3, 0.4) is 0 Å². The quantitative estimate of drug-likeness (QED) is 0.379. The molecule has 9 nitrogen and oxygen atoms in total. The molecule has 2 unspecified atom stereocenters. The minimum Gasteiger partial charge on any atom is -0.396 e. The zero-order valence-electron chi connectivity index (χ0n) is 21.7. The normalized spacial score (nSPS) is 28.3. The zero-order chi connectivity index (χ0) is 25.9. The van der Waals surface area contributed by atoms with Crippen LogP contribution >= 0.6 is 0 Å². The van der Waals surface area contributed by atoms with Crippen molar-refractivity contribution in [2.24, 2.45) is 11.8 Å². The van der Waals surface area contributed by atoms with Gasteiger partial charge in [-0.1, -0.05) is 6.92 Å². The first-order chi connectivity index (χ1) is 17.4. The molecule has 3 aliphatic rings. The Morgan fingerprint density at radius 1 is 1.14 bits per heavy atom. The lowest BCUT2D eigenvalue weighted by Gasteiger charge is -2.33. The molecule has 0 aromatic heterocycles. The number of amides is 3. The summed E-state index contributed by atoms with van der Waals surface area (Å²) in [6.07, 6.45) is 2.79. The fourth-order valence-electron chi connectivity index (χ4n) is 6.31. The van der Waals surface area contributed by atoms with E-state index in [0.29, 0.717) is 44.5 Å². The molecule has 3 saturated heterocycles. The second-order valence-corrected chi connectivity index (χ2v) is 10.0. The molecule has 2 bridgehead atoms. The van der Waals surface area contributed by atoms with E-state index in [0.717, 1.165) is 25.2 Å². The molecule has 1 aromatic rings. The molecule has 3 aliphatic heterocycles. The van der Waals surface area contributed by atoms with Crippen molar-refractivity contribution in [1.29, 1.82) is 0 Å². The lowest BCUT2D eigenvalue weighted by molar-refractivity contribution is -0.140. The Morgan fingerprint density at radius 2 is 1.86 bits per heavy atom. The SMILES string of the molecule is CCCNC(=O)[C@@H]1[C@H]2C(=O)N(CCCCO)C(C(=O)Nc3ccc(N(CC)CC)cc3)C23CC[C@H]1O3. The molecule has 4 rings (SSSR count). The molecule has 3 fully saturated rings. The fourth-order valence-corrected chi connectivity index (χ4v) is 6.31. The van der Waals surface area contributed by atoms with Crippen LogP contribution in [-0.4, -0.2) is 78.3 Å². The molecule has 1 spiro atoms. The Hall–Kier alpha value is -2.65. The maximum Gasteiger partial charge on any atom is 0.250 e. The lowest BCUT2D eigenvalue weighted by Crippen LogP contribution is -2.53. The van der Waals surface area contributed by atoms with E-state index in [9.17, 15) is 19.5 Å². The van der Waals surface area contributed by atoms with Crippen LogP contribution in [0.4, 0.5) is 11.4 Å². The van der Waals surface area contributed by atoms with Crippen molar-refractivity contribution in [3.63, 3.8) is 0 Å². The first-order valence-corrected chi connectivity index (χ1v) is 13.4. The molecule has 0 saturated carbocycles. The van der Waals surface area contributed by atoms with Gasteiger partial charge in [0.2, 0.25) is 17.7 Å². The molecule has 3 amide bonds. The number of aliphatic hydroxyl groups is 1. The highest BCUT2D eigenvalue weighted by molar-refractivity contribution is 6.03. The van der Waals surface area contributed by atoms with E-state index >= 15 is 0 Å². The first kappa shape index (κ1) is 26.4. The van der Waals surface area contributed by atoms with Crippen LogP contribution in [0.1, 0.15) is 52.9 Å². The van der Waals surface area contributed by atoms with E-state index in [2.05, 4.69) is 29.4 Å². The topological polar surface area (TPSA) is 111 Å². The average Bonchev–Trinajstić information content (AvgIpc) is 3.52. The highest BCUT2D eigenvalue weighted by Gasteiger charge is 2.74. The summed E-state index contributed by atoms with van der Waals surface area (Å²) in [6, 6.07) is 6.90.